The van der Waals surface area contributed by atoms with Gasteiger partial charge in [-0.25, -0.2) is 0 Å². The third-order valence-electron chi connectivity index (χ3n) is 13.2. The fourth-order valence-corrected chi connectivity index (χ4v) is 9.29. The van der Waals surface area contributed by atoms with E-state index in [1.165, 1.54) is 0 Å². The van der Waals surface area contributed by atoms with Crippen LogP contribution in [-0.2, 0) is 93.6 Å². The summed E-state index contributed by atoms with van der Waals surface area (Å²) in [5.74, 6) is -3.92. The Hall–Kier alpha value is -6.11. The van der Waals surface area contributed by atoms with E-state index in [2.05, 4.69) is 0 Å². The molecule has 0 saturated carbocycles. The van der Waals surface area contributed by atoms with E-state index in [-0.39, 0.29) is 52.9 Å². The van der Waals surface area contributed by atoms with Gasteiger partial charge >= 0.3 is 6.18 Å². The van der Waals surface area contributed by atoms with Crippen LogP contribution in [-0.4, -0.2) is 85.4 Å². The summed E-state index contributed by atoms with van der Waals surface area (Å²) >= 11 is 0. The van der Waals surface area contributed by atoms with Gasteiger partial charge in [-0.15, -0.1) is 0 Å². The summed E-state index contributed by atoms with van der Waals surface area (Å²) in [6, 6.07) is 65.3. The molecule has 10 unspecified atom stereocenters. The minimum Gasteiger partial charge on any atom is -0.374 e. The number of aliphatic hydroxyl groups is 1. The summed E-state index contributed by atoms with van der Waals surface area (Å²) in [7, 11) is 0. The minimum atomic E-state index is -5.41. The molecule has 1 N–H and O–H groups in total. The molecular weight excluding hydrogens is 978 g/mol. The van der Waals surface area contributed by atoms with Gasteiger partial charge in [-0.2, -0.15) is 13.2 Å². The lowest BCUT2D eigenvalue weighted by atomic mass is 9.90. The van der Waals surface area contributed by atoms with Crippen molar-refractivity contribution < 1.29 is 65.6 Å². The second-order valence-electron chi connectivity index (χ2n) is 18.8. The summed E-state index contributed by atoms with van der Waals surface area (Å²) in [5.41, 5.74) is 5.44. The van der Waals surface area contributed by atoms with Crippen molar-refractivity contribution in [1.82, 2.24) is 0 Å². The minimum absolute atomic E-state index is 0.000736. The van der Waals surface area contributed by atoms with E-state index < -0.39 is 73.7 Å². The molecule has 0 aliphatic carbocycles. The largest absolute Gasteiger partial charge is 0.446 e. The first-order chi connectivity index (χ1) is 37.2. The highest BCUT2D eigenvalue weighted by Gasteiger charge is 2.69. The molecule has 76 heavy (non-hydrogen) atoms. The lowest BCUT2D eigenvalue weighted by Gasteiger charge is -2.52. The van der Waals surface area contributed by atoms with Crippen LogP contribution in [0.1, 0.15) is 38.9 Å². The molecule has 0 radical (unpaired) electrons. The lowest BCUT2D eigenvalue weighted by Crippen LogP contribution is -2.73. The van der Waals surface area contributed by atoms with Crippen LogP contribution in [0.15, 0.2) is 212 Å². The van der Waals surface area contributed by atoms with E-state index in [1.807, 2.05) is 158 Å². The molecule has 7 aromatic carbocycles. The summed E-state index contributed by atoms with van der Waals surface area (Å²) in [5, 5.41) is 12.2. The van der Waals surface area contributed by atoms with Crippen LogP contribution in [0.4, 0.5) is 13.2 Å². The average Bonchev–Trinajstić information content (AvgIpc) is 3.55. The van der Waals surface area contributed by atoms with E-state index in [0.717, 1.165) is 27.8 Å². The lowest BCUT2D eigenvalue weighted by molar-refractivity contribution is -0.457. The van der Waals surface area contributed by atoms with E-state index in [9.17, 15) is 5.11 Å². The maximum atomic E-state index is 15.8. The Bertz CT molecular complexity index is 2720. The standard InChI is InChI=1S/C62H63F3O11/c63-62(64,65)61(66)59(73-42-51-34-20-7-21-35-51)57(71-40-49-30-16-5-17-31-49)55(53(76-61)44-68-37-46-24-10-2-11-25-46)75-60-58(72-41-50-32-18-6-19-33-50)56(70-39-48-28-14-4-15-29-48)54(69-38-47-26-12-3-13-27-47)52(74-60)43-67-36-45-22-8-1-9-23-45/h1-35,52-60,66H,36-44H2. The summed E-state index contributed by atoms with van der Waals surface area (Å²) < 4.78 is 114. The molecule has 2 aliphatic heterocycles. The first-order valence-corrected chi connectivity index (χ1v) is 25.5. The van der Waals surface area contributed by atoms with Crippen molar-refractivity contribution in [3.05, 3.63) is 251 Å². The molecule has 0 bridgehead atoms. The molecule has 0 aromatic heterocycles. The number of ether oxygens (including phenoxy) is 10. The second-order valence-corrected chi connectivity index (χ2v) is 18.8. The van der Waals surface area contributed by atoms with Gasteiger partial charge < -0.3 is 52.5 Å². The Morgan fingerprint density at radius 2 is 0.684 bits per heavy atom. The van der Waals surface area contributed by atoms with Crippen LogP contribution < -0.4 is 0 Å². The predicted molar refractivity (Wildman–Crippen MR) is 277 cm³/mol. The molecule has 7 aromatic rings. The molecule has 11 nitrogen and oxygen atoms in total. The highest BCUT2D eigenvalue weighted by Crippen LogP contribution is 2.45. The van der Waals surface area contributed by atoms with Gasteiger partial charge in [0.25, 0.3) is 5.79 Å². The Balaban J connectivity index is 1.14. The highest BCUT2D eigenvalue weighted by molar-refractivity contribution is 5.19. The zero-order chi connectivity index (χ0) is 52.4. The van der Waals surface area contributed by atoms with Gasteiger partial charge in [0.1, 0.15) is 48.8 Å². The third kappa shape index (κ3) is 14.9. The SMILES string of the molecule is OC1(C(F)(F)F)OC(COCc2ccccc2)C(OC2OC(COCc3ccccc3)C(OCc3ccccc3)C(OCc3ccccc3)C2OCc2ccccc2)C(OCc2ccccc2)C1OCc1ccccc1. The highest BCUT2D eigenvalue weighted by atomic mass is 19.4. The van der Waals surface area contributed by atoms with Crippen molar-refractivity contribution in [3.8, 4) is 0 Å². The normalized spacial score (nSPS) is 24.8. The molecular formula is C62H63F3O11. The number of alkyl halides is 3. The van der Waals surface area contributed by atoms with Crippen LogP contribution in [0.2, 0.25) is 0 Å². The van der Waals surface area contributed by atoms with Crippen molar-refractivity contribution in [2.45, 2.75) is 113 Å². The Kier molecular flexibility index (Phi) is 19.6. The molecule has 2 aliphatic rings. The molecule has 14 heteroatoms. The van der Waals surface area contributed by atoms with E-state index in [1.54, 1.807) is 54.6 Å². The third-order valence-corrected chi connectivity index (χ3v) is 13.2. The van der Waals surface area contributed by atoms with Crippen molar-refractivity contribution in [2.24, 2.45) is 0 Å². The monoisotopic (exact) mass is 1040 g/mol. The number of hydrogen-bond donors (Lipinski definition) is 1. The molecule has 398 valence electrons. The van der Waals surface area contributed by atoms with Crippen molar-refractivity contribution in [1.29, 1.82) is 0 Å². The van der Waals surface area contributed by atoms with Crippen molar-refractivity contribution in [3.63, 3.8) is 0 Å². The predicted octanol–water partition coefficient (Wildman–Crippen LogP) is 11.1. The van der Waals surface area contributed by atoms with Crippen LogP contribution >= 0.6 is 0 Å². The Morgan fingerprint density at radius 3 is 1.07 bits per heavy atom. The van der Waals surface area contributed by atoms with Crippen LogP contribution in [0.25, 0.3) is 0 Å². The molecule has 2 heterocycles. The number of hydrogen-bond acceptors (Lipinski definition) is 11. The first-order valence-electron chi connectivity index (χ1n) is 25.5. The Morgan fingerprint density at radius 1 is 0.368 bits per heavy atom. The number of benzene rings is 7. The summed E-state index contributed by atoms with van der Waals surface area (Å²) in [6.07, 6.45) is -17.8. The number of rotatable bonds is 25. The van der Waals surface area contributed by atoms with E-state index in [4.69, 9.17) is 47.4 Å². The van der Waals surface area contributed by atoms with Crippen LogP contribution in [0.3, 0.4) is 0 Å². The molecule has 2 fully saturated rings. The molecule has 10 atom stereocenters. The summed E-state index contributed by atoms with van der Waals surface area (Å²) in [4.78, 5) is 0. The van der Waals surface area contributed by atoms with Crippen LogP contribution in [0.5, 0.6) is 0 Å². The molecule has 0 amide bonds. The fraction of sp³-hybridized carbons (Fsp3) is 0.323. The van der Waals surface area contributed by atoms with Gasteiger partial charge in [0, 0.05) is 0 Å². The molecule has 0 spiro atoms. The van der Waals surface area contributed by atoms with Crippen molar-refractivity contribution >= 4 is 0 Å². The topological polar surface area (TPSA) is 113 Å². The van der Waals surface area contributed by atoms with Gasteiger partial charge in [0.05, 0.1) is 59.5 Å². The van der Waals surface area contributed by atoms with Gasteiger partial charge in [-0.3, -0.25) is 0 Å². The van der Waals surface area contributed by atoms with Gasteiger partial charge in [0.15, 0.2) is 6.29 Å². The fourth-order valence-electron chi connectivity index (χ4n) is 9.29. The van der Waals surface area contributed by atoms with Gasteiger partial charge in [0.2, 0.25) is 0 Å². The van der Waals surface area contributed by atoms with Gasteiger partial charge in [-0.05, 0) is 38.9 Å². The maximum absolute atomic E-state index is 15.8. The molecule has 2 saturated heterocycles. The molecule has 9 rings (SSSR count). The zero-order valence-electron chi connectivity index (χ0n) is 41.9. The maximum Gasteiger partial charge on any atom is 0.446 e. The zero-order valence-corrected chi connectivity index (χ0v) is 41.9. The smallest absolute Gasteiger partial charge is 0.374 e. The average molecular weight is 1040 g/mol. The van der Waals surface area contributed by atoms with Crippen molar-refractivity contribution in [2.75, 3.05) is 13.2 Å². The number of halogens is 3. The van der Waals surface area contributed by atoms with Gasteiger partial charge in [-0.1, -0.05) is 212 Å². The summed E-state index contributed by atoms with van der Waals surface area (Å²) in [6.45, 7) is -0.505. The first kappa shape index (κ1) is 54.7. The van der Waals surface area contributed by atoms with Crippen LogP contribution in [0, 0.1) is 0 Å². The van der Waals surface area contributed by atoms with E-state index in [0.29, 0.717) is 11.1 Å². The second kappa shape index (κ2) is 27.3. The van der Waals surface area contributed by atoms with E-state index >= 15 is 13.2 Å². The Labute approximate surface area is 441 Å². The quantitative estimate of drug-likeness (QED) is 0.0590.